The molecule has 0 saturated carbocycles. The van der Waals surface area contributed by atoms with Crippen molar-refractivity contribution in [3.63, 3.8) is 0 Å². The minimum atomic E-state index is -0.572. The number of aromatic nitrogens is 3. The Morgan fingerprint density at radius 3 is 2.29 bits per heavy atom. The van der Waals surface area contributed by atoms with Gasteiger partial charge in [-0.3, -0.25) is 24.8 Å². The van der Waals surface area contributed by atoms with Crippen LogP contribution in [0.3, 0.4) is 0 Å². The van der Waals surface area contributed by atoms with Gasteiger partial charge in [0.15, 0.2) is 5.13 Å². The Morgan fingerprint density at radius 1 is 0.833 bits per heavy atom. The summed E-state index contributed by atoms with van der Waals surface area (Å²) in [4.78, 5) is 28.9. The second-order valence-corrected chi connectivity index (χ2v) is 10.7. The summed E-state index contributed by atoms with van der Waals surface area (Å²) in [5.41, 5.74) is 7.92. The summed E-state index contributed by atoms with van der Waals surface area (Å²) in [6.07, 6.45) is 0.665. The van der Waals surface area contributed by atoms with Gasteiger partial charge in [-0.2, -0.15) is 5.10 Å². The predicted molar refractivity (Wildman–Crippen MR) is 159 cm³/mol. The molecule has 208 valence electrons. The number of nitrogens with zero attached hydrogens (tertiary/aromatic N) is 3. The van der Waals surface area contributed by atoms with Crippen molar-refractivity contribution in [2.75, 3.05) is 5.32 Å². The minimum Gasteiger partial charge on any atom is -0.298 e. The molecule has 0 aliphatic heterocycles. The fourth-order valence-electron chi connectivity index (χ4n) is 4.62. The second kappa shape index (κ2) is 11.7. The zero-order valence-corrected chi connectivity index (χ0v) is 22.9. The Balaban J connectivity index is 1.30. The number of hydrogen-bond donors (Lipinski definition) is 3. The van der Waals surface area contributed by atoms with Gasteiger partial charge in [0.25, 0.3) is 11.8 Å². The minimum absolute atomic E-state index is 0.344. The third kappa shape index (κ3) is 5.95. The van der Waals surface area contributed by atoms with E-state index < -0.39 is 11.7 Å². The van der Waals surface area contributed by atoms with Crippen molar-refractivity contribution < 1.29 is 19.2 Å². The van der Waals surface area contributed by atoms with Crippen LogP contribution in [-0.4, -0.2) is 31.8 Å². The molecule has 0 spiro atoms. The first-order chi connectivity index (χ1) is 20.4. The van der Waals surface area contributed by atoms with E-state index in [1.54, 1.807) is 17.6 Å². The van der Waals surface area contributed by atoms with Crippen molar-refractivity contribution in [2.24, 2.45) is 0 Å². The van der Waals surface area contributed by atoms with E-state index in [9.17, 15) is 14.0 Å². The number of fused-ring (bicyclic) bond motifs is 1. The van der Waals surface area contributed by atoms with Crippen LogP contribution in [0.2, 0.25) is 0 Å². The zero-order valence-electron chi connectivity index (χ0n) is 22.1. The molecule has 0 aliphatic rings. The van der Waals surface area contributed by atoms with E-state index in [1.165, 1.54) is 35.6 Å². The van der Waals surface area contributed by atoms with Crippen molar-refractivity contribution >= 4 is 38.5 Å². The molecule has 0 atom stereocenters. The van der Waals surface area contributed by atoms with Gasteiger partial charge in [-0.05, 0) is 65.7 Å². The molecule has 8 nitrogen and oxygen atoms in total. The van der Waals surface area contributed by atoms with Crippen LogP contribution >= 0.6 is 11.3 Å². The average Bonchev–Trinajstić information content (AvgIpc) is 3.60. The van der Waals surface area contributed by atoms with Crippen molar-refractivity contribution in [1.82, 2.24) is 20.2 Å². The number of nitrogens with one attached hydrogen (secondary N) is 2. The number of hydrogen-bond acceptors (Lipinski definition) is 6. The number of benzene rings is 4. The van der Waals surface area contributed by atoms with Crippen LogP contribution in [0, 0.1) is 5.82 Å². The summed E-state index contributed by atoms with van der Waals surface area (Å²) in [6.45, 7) is 0.463. The average molecular weight is 578 g/mol. The summed E-state index contributed by atoms with van der Waals surface area (Å²) in [7, 11) is 0. The van der Waals surface area contributed by atoms with Gasteiger partial charge in [0.2, 0.25) is 0 Å². The lowest BCUT2D eigenvalue weighted by Crippen LogP contribution is -2.18. The van der Waals surface area contributed by atoms with E-state index >= 15 is 0 Å². The predicted octanol–water partition coefficient (Wildman–Crippen LogP) is 6.31. The van der Waals surface area contributed by atoms with E-state index in [0.29, 0.717) is 29.2 Å². The van der Waals surface area contributed by atoms with Crippen LogP contribution in [0.15, 0.2) is 103 Å². The highest BCUT2D eigenvalue weighted by molar-refractivity contribution is 7.22. The Bertz CT molecular complexity index is 1880. The highest BCUT2D eigenvalue weighted by Crippen LogP contribution is 2.32. The smallest absolute Gasteiger partial charge is 0.274 e. The largest absolute Gasteiger partial charge is 0.298 e. The number of halogens is 1. The van der Waals surface area contributed by atoms with Gasteiger partial charge >= 0.3 is 0 Å². The standard InChI is InChI=1S/C32H24FN5O3S/c33-25-13-10-22(11-14-25)30(39)35-32-34-27-15-12-24(17-29(27)42-32)28-18-26(16-20-4-2-1-3-5-20)36-38(28)19-21-6-8-23(9-7-21)31(40)37-41/h1-15,17-18,41H,16,19H2,(H,37,40)(H,34,35,39). The molecule has 0 fully saturated rings. The lowest BCUT2D eigenvalue weighted by Gasteiger charge is -2.09. The molecule has 2 aromatic heterocycles. The van der Waals surface area contributed by atoms with E-state index in [4.69, 9.17) is 10.3 Å². The van der Waals surface area contributed by atoms with E-state index in [2.05, 4.69) is 28.5 Å². The molecule has 0 aliphatic carbocycles. The number of hydroxylamine groups is 1. The third-order valence-electron chi connectivity index (χ3n) is 6.72. The maximum atomic E-state index is 13.2. The molecule has 6 rings (SSSR count). The summed E-state index contributed by atoms with van der Waals surface area (Å²) in [6, 6.07) is 30.4. The normalized spacial score (nSPS) is 11.0. The lowest BCUT2D eigenvalue weighted by atomic mass is 10.1. The molecule has 0 bridgehead atoms. The number of rotatable bonds is 8. The molecule has 0 radical (unpaired) electrons. The molecule has 2 heterocycles. The van der Waals surface area contributed by atoms with Gasteiger partial charge < -0.3 is 0 Å². The van der Waals surface area contributed by atoms with Gasteiger partial charge in [-0.15, -0.1) is 0 Å². The fraction of sp³-hybridized carbons (Fsp3) is 0.0625. The van der Waals surface area contributed by atoms with Crippen molar-refractivity contribution in [3.8, 4) is 11.3 Å². The fourth-order valence-corrected chi connectivity index (χ4v) is 5.52. The quantitative estimate of drug-likeness (QED) is 0.145. The van der Waals surface area contributed by atoms with Gasteiger partial charge in [-0.25, -0.2) is 14.9 Å². The van der Waals surface area contributed by atoms with Gasteiger partial charge in [0, 0.05) is 23.1 Å². The molecule has 3 N–H and O–H groups in total. The Hall–Kier alpha value is -5.19. The van der Waals surface area contributed by atoms with Crippen LogP contribution < -0.4 is 10.8 Å². The molecule has 0 unspecified atom stereocenters. The van der Waals surface area contributed by atoms with E-state index in [1.807, 2.05) is 53.2 Å². The zero-order chi connectivity index (χ0) is 29.1. The van der Waals surface area contributed by atoms with Crippen LogP contribution in [0.4, 0.5) is 9.52 Å². The number of amides is 2. The van der Waals surface area contributed by atoms with Crippen molar-refractivity contribution in [2.45, 2.75) is 13.0 Å². The van der Waals surface area contributed by atoms with Crippen LogP contribution in [0.5, 0.6) is 0 Å². The molecular weight excluding hydrogens is 553 g/mol. The summed E-state index contributed by atoms with van der Waals surface area (Å²) in [5, 5.41) is 17.1. The third-order valence-corrected chi connectivity index (χ3v) is 7.65. The lowest BCUT2D eigenvalue weighted by molar-refractivity contribution is 0.0706. The molecule has 0 saturated heterocycles. The van der Waals surface area contributed by atoms with Gasteiger partial charge in [0.1, 0.15) is 5.82 Å². The summed E-state index contributed by atoms with van der Waals surface area (Å²) in [5.74, 6) is -1.34. The van der Waals surface area contributed by atoms with Crippen molar-refractivity contribution in [1.29, 1.82) is 0 Å². The molecular formula is C32H24FN5O3S. The number of thiazole rings is 1. The molecule has 4 aromatic carbocycles. The highest BCUT2D eigenvalue weighted by Gasteiger charge is 2.15. The van der Waals surface area contributed by atoms with Crippen LogP contribution in [-0.2, 0) is 13.0 Å². The molecule has 6 aromatic rings. The maximum Gasteiger partial charge on any atom is 0.274 e. The summed E-state index contributed by atoms with van der Waals surface area (Å²) < 4.78 is 16.1. The van der Waals surface area contributed by atoms with Crippen LogP contribution in [0.25, 0.3) is 21.5 Å². The first-order valence-electron chi connectivity index (χ1n) is 13.1. The second-order valence-electron chi connectivity index (χ2n) is 9.64. The molecule has 42 heavy (non-hydrogen) atoms. The van der Waals surface area contributed by atoms with Crippen LogP contribution in [0.1, 0.15) is 37.5 Å². The van der Waals surface area contributed by atoms with Crippen molar-refractivity contribution in [3.05, 3.63) is 137 Å². The number of carbonyl (C=O) groups is 2. The first kappa shape index (κ1) is 27.0. The maximum absolute atomic E-state index is 13.2. The summed E-state index contributed by atoms with van der Waals surface area (Å²) >= 11 is 1.35. The Morgan fingerprint density at radius 2 is 1.55 bits per heavy atom. The first-order valence-corrected chi connectivity index (χ1v) is 13.9. The van der Waals surface area contributed by atoms with E-state index in [0.717, 1.165) is 38.3 Å². The topological polar surface area (TPSA) is 109 Å². The SMILES string of the molecule is O=C(NO)c1ccc(Cn2nc(Cc3ccccc3)cc2-c2ccc3nc(NC(=O)c4ccc(F)cc4)sc3c2)cc1. The molecule has 10 heteroatoms. The van der Waals surface area contributed by atoms with Gasteiger partial charge in [0.05, 0.1) is 28.1 Å². The Labute approximate surface area is 244 Å². The van der Waals surface area contributed by atoms with Gasteiger partial charge in [-0.1, -0.05) is 59.9 Å². The number of carbonyl (C=O) groups excluding carboxylic acids is 2. The number of anilines is 1. The Kier molecular flexibility index (Phi) is 7.54. The highest BCUT2D eigenvalue weighted by atomic mass is 32.1. The monoisotopic (exact) mass is 577 g/mol. The molecule has 2 amide bonds. The van der Waals surface area contributed by atoms with E-state index in [-0.39, 0.29) is 5.91 Å².